The fraction of sp³-hybridized carbons (Fsp3) is 0.463. The first-order valence-electron chi connectivity index (χ1n) is 19.2. The number of methoxy groups -OCH3 is 1. The first-order valence-corrected chi connectivity index (χ1v) is 19.9. The topological polar surface area (TPSA) is 155 Å². The first-order chi connectivity index (χ1) is 26.6. The lowest BCUT2D eigenvalue weighted by Crippen LogP contribution is -2.38. The van der Waals surface area contributed by atoms with Gasteiger partial charge in [-0.25, -0.2) is 4.98 Å². The van der Waals surface area contributed by atoms with E-state index in [1.165, 1.54) is 119 Å². The van der Waals surface area contributed by atoms with Crippen LogP contribution in [-0.2, 0) is 14.4 Å². The molecule has 0 fully saturated rings. The monoisotopic (exact) mass is 794 g/mol. The summed E-state index contributed by atoms with van der Waals surface area (Å²) < 4.78 is 6.69. The number of hydrazone groups is 1. The number of halogens is 2. The van der Waals surface area contributed by atoms with Crippen molar-refractivity contribution in [1.29, 1.82) is 0 Å². The Kier molecular flexibility index (Phi) is 17.7. The van der Waals surface area contributed by atoms with Gasteiger partial charge < -0.3 is 25.0 Å². The van der Waals surface area contributed by atoms with Gasteiger partial charge in [0.05, 0.1) is 29.9 Å². The van der Waals surface area contributed by atoms with Crippen molar-refractivity contribution < 1.29 is 29.0 Å². The number of allylic oxidation sites excluding steroid dienone is 1. The number of nitrogens with one attached hydrogen (secondary N) is 2. The molecule has 3 amide bonds. The number of amidine groups is 1. The van der Waals surface area contributed by atoms with Crippen LogP contribution in [0.4, 0.5) is 11.4 Å². The van der Waals surface area contributed by atoms with Gasteiger partial charge in [0.1, 0.15) is 11.4 Å². The summed E-state index contributed by atoms with van der Waals surface area (Å²) in [5.74, 6) is -2.45. The van der Waals surface area contributed by atoms with Gasteiger partial charge in [0.2, 0.25) is 0 Å². The number of unbranched alkanes of at least 4 members (excludes halogenated alkanes) is 14. The summed E-state index contributed by atoms with van der Waals surface area (Å²) in [7, 11) is 1.46. The van der Waals surface area contributed by atoms with Crippen LogP contribution in [0, 0.1) is 0 Å². The van der Waals surface area contributed by atoms with E-state index in [2.05, 4.69) is 27.6 Å². The third kappa shape index (κ3) is 13.2. The van der Waals surface area contributed by atoms with Gasteiger partial charge >= 0.3 is 5.97 Å². The van der Waals surface area contributed by atoms with Crippen LogP contribution >= 0.6 is 23.2 Å². The average molecular weight is 796 g/mol. The van der Waals surface area contributed by atoms with Crippen molar-refractivity contribution in [1.82, 2.24) is 14.9 Å². The van der Waals surface area contributed by atoms with Crippen LogP contribution in [-0.4, -0.2) is 51.3 Å². The molecule has 0 aliphatic carbocycles. The Morgan fingerprint density at radius 1 is 0.891 bits per heavy atom. The number of amides is 3. The molecule has 0 saturated heterocycles. The number of hydrogen-bond donors (Lipinski definition) is 3. The molecule has 0 radical (unpaired) electrons. The van der Waals surface area contributed by atoms with Gasteiger partial charge in [-0.05, 0) is 31.0 Å². The highest BCUT2D eigenvalue weighted by Gasteiger charge is 2.40. The summed E-state index contributed by atoms with van der Waals surface area (Å²) in [5, 5.41) is 20.6. The number of benzene rings is 2. The summed E-state index contributed by atoms with van der Waals surface area (Å²) in [6, 6.07) is 8.06. The number of hydrogen-bond acceptors (Lipinski definition) is 7. The molecule has 2 aromatic carbocycles. The molecular weight excluding hydrogens is 743 g/mol. The highest BCUT2D eigenvalue weighted by molar-refractivity contribution is 6.40. The Bertz CT molecular complexity index is 1790. The second-order valence-corrected chi connectivity index (χ2v) is 14.5. The van der Waals surface area contributed by atoms with Crippen molar-refractivity contribution in [3.05, 3.63) is 82.4 Å². The molecule has 0 saturated carbocycles. The van der Waals surface area contributed by atoms with Gasteiger partial charge in [0.25, 0.3) is 17.7 Å². The van der Waals surface area contributed by atoms with Gasteiger partial charge in [0, 0.05) is 41.4 Å². The van der Waals surface area contributed by atoms with E-state index < -0.39 is 36.2 Å². The molecule has 55 heavy (non-hydrogen) atoms. The third-order valence-electron chi connectivity index (χ3n) is 9.38. The number of anilines is 2. The number of carbonyl (C=O) groups is 4. The van der Waals surface area contributed by atoms with E-state index in [0.29, 0.717) is 17.9 Å². The van der Waals surface area contributed by atoms with E-state index in [1.807, 2.05) is 0 Å². The number of aliphatic carboxylic acids is 1. The number of carboxylic acid groups (broad SMARTS) is 1. The third-order valence-corrected chi connectivity index (χ3v) is 9.95. The van der Waals surface area contributed by atoms with Crippen molar-refractivity contribution in [2.75, 3.05) is 17.4 Å². The fourth-order valence-corrected chi connectivity index (χ4v) is 7.04. The molecule has 1 aliphatic heterocycles. The maximum atomic E-state index is 13.7. The number of carbonyl (C=O) groups excluding carboxylic acids is 3. The van der Waals surface area contributed by atoms with Crippen molar-refractivity contribution in [2.24, 2.45) is 5.10 Å². The Hall–Kier alpha value is -4.68. The van der Waals surface area contributed by atoms with E-state index >= 15 is 0 Å². The minimum atomic E-state index is -1.11. The van der Waals surface area contributed by atoms with Gasteiger partial charge in [-0.3, -0.25) is 19.2 Å². The summed E-state index contributed by atoms with van der Waals surface area (Å²) >= 11 is 12.9. The molecule has 1 aromatic heterocycles. The number of carboxylic acids is 1. The molecule has 0 spiro atoms. The molecule has 14 heteroatoms. The highest BCUT2D eigenvalue weighted by atomic mass is 35.5. The molecule has 1 aliphatic rings. The van der Waals surface area contributed by atoms with Crippen LogP contribution in [0.3, 0.4) is 0 Å². The van der Waals surface area contributed by atoms with Gasteiger partial charge in [-0.1, -0.05) is 126 Å². The number of imidazole rings is 1. The van der Waals surface area contributed by atoms with Crippen LogP contribution in [0.15, 0.2) is 71.9 Å². The highest BCUT2D eigenvalue weighted by Crippen LogP contribution is 2.40. The Morgan fingerprint density at radius 3 is 2.07 bits per heavy atom. The second-order valence-electron chi connectivity index (χ2n) is 13.7. The summed E-state index contributed by atoms with van der Waals surface area (Å²) in [6.07, 6.45) is 23.7. The molecule has 12 nitrogen and oxygen atoms in total. The maximum Gasteiger partial charge on any atom is 0.308 e. The van der Waals surface area contributed by atoms with Gasteiger partial charge in [-0.15, -0.1) is 5.10 Å². The van der Waals surface area contributed by atoms with Crippen LogP contribution in [0.2, 0.25) is 10.0 Å². The van der Waals surface area contributed by atoms with Crippen molar-refractivity contribution in [3.8, 4) is 5.75 Å². The lowest BCUT2D eigenvalue weighted by Gasteiger charge is -2.18. The number of nitrogens with zero attached hydrogens (tertiary/aromatic N) is 4. The van der Waals surface area contributed by atoms with E-state index in [4.69, 9.17) is 27.9 Å². The largest absolute Gasteiger partial charge is 0.497 e. The SMILES string of the molecule is CCCCCCCCCCCCCCCCC=C(CC(=O)O)C(=O)Nc1cccc(C(=O)NC2=NN(c3c(Cl)cc(OC)cc3Cl)C(=O)C2n2ccnc2)c1. The smallest absolute Gasteiger partial charge is 0.308 e. The van der Waals surface area contributed by atoms with Gasteiger partial charge in [-0.2, -0.15) is 5.01 Å². The zero-order valence-electron chi connectivity index (χ0n) is 31.7. The summed E-state index contributed by atoms with van der Waals surface area (Å²) in [4.78, 5) is 56.1. The number of ether oxygens (including phenoxy) is 1. The molecular formula is C41H52Cl2N6O6. The minimum Gasteiger partial charge on any atom is -0.497 e. The minimum absolute atomic E-state index is 0.0134. The maximum absolute atomic E-state index is 13.7. The molecule has 296 valence electrons. The van der Waals surface area contributed by atoms with E-state index in [1.54, 1.807) is 24.4 Å². The van der Waals surface area contributed by atoms with E-state index in [0.717, 1.165) is 24.3 Å². The number of aromatic nitrogens is 2. The Morgan fingerprint density at radius 2 is 1.51 bits per heavy atom. The Labute approximate surface area is 333 Å². The number of rotatable bonds is 23. The predicted octanol–water partition coefficient (Wildman–Crippen LogP) is 9.74. The van der Waals surface area contributed by atoms with Crippen LogP contribution in [0.5, 0.6) is 5.75 Å². The second kappa shape index (κ2) is 22.6. The lowest BCUT2D eigenvalue weighted by molar-refractivity contribution is -0.136. The molecule has 3 N–H and O–H groups in total. The average Bonchev–Trinajstić information content (AvgIpc) is 3.79. The van der Waals surface area contributed by atoms with Crippen molar-refractivity contribution in [2.45, 2.75) is 116 Å². The standard InChI is InChI=1S/C41H52Cl2N6O6/c1-3-4-5-6-7-8-9-10-11-12-13-14-15-16-17-19-30(25-35(50)51)39(52)45-31-21-18-20-29(24-31)40(53)46-38-37(48-23-22-44-28-48)41(54)49(47-38)36-33(42)26-32(55-2)27-34(36)43/h18-24,26-28,37H,3-17,25H2,1-2H3,(H,45,52)(H,50,51)(H,46,47,53). The lowest BCUT2D eigenvalue weighted by atomic mass is 10.0. The van der Waals surface area contributed by atoms with E-state index in [-0.39, 0.29) is 32.7 Å². The predicted molar refractivity (Wildman–Crippen MR) is 217 cm³/mol. The molecule has 3 aromatic rings. The van der Waals surface area contributed by atoms with Gasteiger partial charge in [0.15, 0.2) is 11.9 Å². The Balaban J connectivity index is 1.32. The van der Waals surface area contributed by atoms with Crippen LogP contribution in [0.25, 0.3) is 0 Å². The summed E-state index contributed by atoms with van der Waals surface area (Å²) in [6.45, 7) is 2.24. The first kappa shape index (κ1) is 43.1. The van der Waals surface area contributed by atoms with Crippen LogP contribution < -0.4 is 20.4 Å². The zero-order chi connectivity index (χ0) is 39.6. The van der Waals surface area contributed by atoms with Crippen LogP contribution in [0.1, 0.15) is 126 Å². The molecule has 0 bridgehead atoms. The zero-order valence-corrected chi connectivity index (χ0v) is 33.2. The molecule has 4 rings (SSSR count). The van der Waals surface area contributed by atoms with Crippen molar-refractivity contribution in [3.63, 3.8) is 0 Å². The molecule has 1 atom stereocenters. The quantitative estimate of drug-likeness (QED) is 0.0638. The fourth-order valence-electron chi connectivity index (χ4n) is 6.41. The summed E-state index contributed by atoms with van der Waals surface area (Å²) in [5.41, 5.74) is 0.708. The van der Waals surface area contributed by atoms with E-state index in [9.17, 15) is 24.3 Å². The normalized spacial score (nSPS) is 14.2. The molecule has 2 heterocycles. The molecule has 1 unspecified atom stereocenters. The van der Waals surface area contributed by atoms with Crippen molar-refractivity contribution >= 4 is 64.1 Å².